The van der Waals surface area contributed by atoms with Crippen molar-refractivity contribution in [1.29, 1.82) is 0 Å². The molecule has 22 heavy (non-hydrogen) atoms. The fraction of sp³-hybridized carbons (Fsp3) is 0.235. The monoisotopic (exact) mass is 319 g/mol. The minimum absolute atomic E-state index is 0.0447. The van der Waals surface area contributed by atoms with Gasteiger partial charge in [-0.1, -0.05) is 48.9 Å². The van der Waals surface area contributed by atoms with Crippen LogP contribution in [0.4, 0.5) is 5.69 Å². The maximum Gasteiger partial charge on any atom is 0.221 e. The smallest absolute Gasteiger partial charge is 0.221 e. The van der Waals surface area contributed by atoms with Crippen LogP contribution in [0.1, 0.15) is 25.0 Å². The summed E-state index contributed by atoms with van der Waals surface area (Å²) in [4.78, 5) is 11.3. The molecular formula is C17H18ClNO3. The number of halogens is 1. The van der Waals surface area contributed by atoms with Crippen molar-refractivity contribution in [3.05, 3.63) is 52.5 Å². The van der Waals surface area contributed by atoms with Crippen molar-refractivity contribution in [2.75, 3.05) is 5.32 Å². The van der Waals surface area contributed by atoms with Gasteiger partial charge in [-0.05, 0) is 12.0 Å². The highest BCUT2D eigenvalue weighted by molar-refractivity contribution is 6.33. The molecule has 0 spiro atoms. The predicted molar refractivity (Wildman–Crippen MR) is 87.6 cm³/mol. The first-order valence-electron chi connectivity index (χ1n) is 7.01. The molecule has 2 rings (SSSR count). The summed E-state index contributed by atoms with van der Waals surface area (Å²) >= 11 is 6.33. The molecule has 0 radical (unpaired) electrons. The summed E-state index contributed by atoms with van der Waals surface area (Å²) in [6, 6.07) is 11.1. The number of hydrogen-bond acceptors (Lipinski definition) is 3. The van der Waals surface area contributed by atoms with Gasteiger partial charge in [-0.25, -0.2) is 0 Å². The highest BCUT2D eigenvalue weighted by Crippen LogP contribution is 2.41. The van der Waals surface area contributed by atoms with Crippen LogP contribution in [0, 0.1) is 0 Å². The van der Waals surface area contributed by atoms with E-state index in [9.17, 15) is 9.90 Å². The summed E-state index contributed by atoms with van der Waals surface area (Å²) in [6.07, 6.45) is 0.562. The molecule has 0 heterocycles. The van der Waals surface area contributed by atoms with E-state index in [-0.39, 0.29) is 11.7 Å². The number of rotatable bonds is 5. The van der Waals surface area contributed by atoms with E-state index in [2.05, 4.69) is 5.32 Å². The van der Waals surface area contributed by atoms with Crippen LogP contribution >= 0.6 is 11.6 Å². The van der Waals surface area contributed by atoms with Crippen LogP contribution in [0.2, 0.25) is 5.02 Å². The molecule has 0 aliphatic carbocycles. The number of phenols is 1. The van der Waals surface area contributed by atoms with Crippen molar-refractivity contribution < 1.29 is 14.6 Å². The minimum Gasteiger partial charge on any atom is -0.508 e. The number of benzene rings is 2. The van der Waals surface area contributed by atoms with E-state index < -0.39 is 0 Å². The first kappa shape index (κ1) is 16.2. The average Bonchev–Trinajstić information content (AvgIpc) is 2.47. The average molecular weight is 320 g/mol. The molecule has 1 amide bonds. The fourth-order valence-corrected chi connectivity index (χ4v) is 2.53. The maximum atomic E-state index is 11.3. The number of ether oxygens (including phenoxy) is 1. The van der Waals surface area contributed by atoms with Crippen LogP contribution in [0.15, 0.2) is 36.4 Å². The Morgan fingerprint density at radius 2 is 2.00 bits per heavy atom. The van der Waals surface area contributed by atoms with Gasteiger partial charge in [0.2, 0.25) is 5.91 Å². The Morgan fingerprint density at radius 3 is 2.59 bits per heavy atom. The Kier molecular flexibility index (Phi) is 5.28. The largest absolute Gasteiger partial charge is 0.508 e. The second-order valence-corrected chi connectivity index (χ2v) is 5.25. The van der Waals surface area contributed by atoms with Crippen LogP contribution in [0.25, 0.3) is 0 Å². The molecule has 0 saturated carbocycles. The normalized spacial score (nSPS) is 10.3. The molecule has 2 aromatic rings. The first-order valence-corrected chi connectivity index (χ1v) is 7.39. The summed E-state index contributed by atoms with van der Waals surface area (Å²) in [5, 5.41) is 13.0. The predicted octanol–water partition coefficient (Wildman–Crippen LogP) is 4.15. The number of carbonyl (C=O) groups is 1. The van der Waals surface area contributed by atoms with Crippen LogP contribution in [-0.4, -0.2) is 11.0 Å². The SMILES string of the molecule is CCc1c(O)cc(NC(C)=O)c(OCc2ccccc2)c1Cl. The topological polar surface area (TPSA) is 58.6 Å². The lowest BCUT2D eigenvalue weighted by atomic mass is 10.1. The zero-order valence-corrected chi connectivity index (χ0v) is 13.3. The second-order valence-electron chi connectivity index (χ2n) is 4.87. The number of phenolic OH excluding ortho intramolecular Hbond substituents is 1. The van der Waals surface area contributed by atoms with Crippen molar-refractivity contribution in [3.63, 3.8) is 0 Å². The Balaban J connectivity index is 2.35. The third kappa shape index (κ3) is 3.71. The molecule has 0 aromatic heterocycles. The Morgan fingerprint density at radius 1 is 1.32 bits per heavy atom. The summed E-state index contributed by atoms with van der Waals surface area (Å²) in [5.74, 6) is 0.156. The Hall–Kier alpha value is -2.20. The molecule has 5 heteroatoms. The third-order valence-electron chi connectivity index (χ3n) is 3.19. The Bertz CT molecular complexity index is 671. The zero-order chi connectivity index (χ0) is 16.1. The molecule has 0 aliphatic rings. The molecule has 2 aromatic carbocycles. The van der Waals surface area contributed by atoms with Gasteiger partial charge >= 0.3 is 0 Å². The van der Waals surface area contributed by atoms with Crippen molar-refractivity contribution in [1.82, 2.24) is 0 Å². The van der Waals surface area contributed by atoms with Gasteiger partial charge in [0.1, 0.15) is 12.4 Å². The van der Waals surface area contributed by atoms with Crippen molar-refractivity contribution in [2.24, 2.45) is 0 Å². The van der Waals surface area contributed by atoms with E-state index in [0.717, 1.165) is 5.56 Å². The van der Waals surface area contributed by atoms with E-state index in [1.807, 2.05) is 37.3 Å². The number of anilines is 1. The number of hydrogen-bond donors (Lipinski definition) is 2. The van der Waals surface area contributed by atoms with Crippen LogP contribution in [0.3, 0.4) is 0 Å². The van der Waals surface area contributed by atoms with E-state index in [0.29, 0.717) is 35.1 Å². The number of carbonyl (C=O) groups excluding carboxylic acids is 1. The van der Waals surface area contributed by atoms with Crippen LogP contribution in [0.5, 0.6) is 11.5 Å². The van der Waals surface area contributed by atoms with Gasteiger partial charge < -0.3 is 15.2 Å². The number of nitrogens with one attached hydrogen (secondary N) is 1. The standard InChI is InChI=1S/C17H18ClNO3/c1-3-13-15(21)9-14(19-11(2)20)17(16(13)18)22-10-12-7-5-4-6-8-12/h4-9,21H,3,10H2,1-2H3,(H,19,20). The molecular weight excluding hydrogens is 302 g/mol. The van der Waals surface area contributed by atoms with Gasteiger partial charge in [-0.15, -0.1) is 0 Å². The first-order chi connectivity index (χ1) is 10.5. The molecule has 0 aliphatic heterocycles. The van der Waals surface area contributed by atoms with Crippen LogP contribution in [-0.2, 0) is 17.8 Å². The molecule has 0 bridgehead atoms. The van der Waals surface area contributed by atoms with E-state index >= 15 is 0 Å². The molecule has 0 saturated heterocycles. The summed E-state index contributed by atoms with van der Waals surface area (Å²) < 4.78 is 5.79. The summed E-state index contributed by atoms with van der Waals surface area (Å²) in [5.41, 5.74) is 1.94. The molecule has 2 N–H and O–H groups in total. The lowest BCUT2D eigenvalue weighted by Gasteiger charge is -2.17. The van der Waals surface area contributed by atoms with Gasteiger partial charge in [0.15, 0.2) is 5.75 Å². The fourth-order valence-electron chi connectivity index (χ4n) is 2.15. The van der Waals surface area contributed by atoms with Crippen molar-refractivity contribution in [3.8, 4) is 11.5 Å². The molecule has 4 nitrogen and oxygen atoms in total. The van der Waals surface area contributed by atoms with Crippen molar-refractivity contribution >= 4 is 23.2 Å². The quantitative estimate of drug-likeness (QED) is 0.870. The summed E-state index contributed by atoms with van der Waals surface area (Å²) in [6.45, 7) is 3.60. The highest BCUT2D eigenvalue weighted by atomic mass is 35.5. The van der Waals surface area contributed by atoms with Gasteiger partial charge in [0.25, 0.3) is 0 Å². The molecule has 0 unspecified atom stereocenters. The second kappa shape index (κ2) is 7.18. The lowest BCUT2D eigenvalue weighted by Crippen LogP contribution is -2.09. The van der Waals surface area contributed by atoms with E-state index in [1.165, 1.54) is 13.0 Å². The molecule has 0 atom stereocenters. The highest BCUT2D eigenvalue weighted by Gasteiger charge is 2.18. The number of amides is 1. The van der Waals surface area contributed by atoms with Gasteiger partial charge in [-0.2, -0.15) is 0 Å². The van der Waals surface area contributed by atoms with Crippen molar-refractivity contribution in [2.45, 2.75) is 26.9 Å². The zero-order valence-electron chi connectivity index (χ0n) is 12.5. The minimum atomic E-state index is -0.260. The maximum absolute atomic E-state index is 11.3. The van der Waals surface area contributed by atoms with E-state index in [1.54, 1.807) is 0 Å². The van der Waals surface area contributed by atoms with Gasteiger partial charge in [0, 0.05) is 18.6 Å². The Labute approximate surface area is 134 Å². The van der Waals surface area contributed by atoms with Gasteiger partial charge in [0.05, 0.1) is 10.7 Å². The molecule has 0 fully saturated rings. The third-order valence-corrected chi connectivity index (χ3v) is 3.59. The summed E-state index contributed by atoms with van der Waals surface area (Å²) in [7, 11) is 0. The lowest BCUT2D eigenvalue weighted by molar-refractivity contribution is -0.114. The van der Waals surface area contributed by atoms with E-state index in [4.69, 9.17) is 16.3 Å². The molecule has 116 valence electrons. The van der Waals surface area contributed by atoms with Crippen LogP contribution < -0.4 is 10.1 Å². The number of aromatic hydroxyl groups is 1. The van der Waals surface area contributed by atoms with Gasteiger partial charge in [-0.3, -0.25) is 4.79 Å².